The van der Waals surface area contributed by atoms with Crippen molar-refractivity contribution in [2.75, 3.05) is 46.1 Å². The Bertz CT molecular complexity index is 1010. The molecule has 1 aliphatic rings. The molecule has 2 aromatic carbocycles. The molecule has 1 N–H and O–H groups in total. The van der Waals surface area contributed by atoms with E-state index in [-0.39, 0.29) is 24.0 Å². The quantitative estimate of drug-likeness (QED) is 0.478. The van der Waals surface area contributed by atoms with Gasteiger partial charge in [-0.15, -0.1) is 0 Å². The average Bonchev–Trinajstić information content (AvgIpc) is 2.82. The van der Waals surface area contributed by atoms with Crippen LogP contribution in [0.25, 0.3) is 0 Å². The lowest BCUT2D eigenvalue weighted by Crippen LogP contribution is -2.40. The van der Waals surface area contributed by atoms with Crippen molar-refractivity contribution in [3.63, 3.8) is 0 Å². The van der Waals surface area contributed by atoms with Gasteiger partial charge < -0.3 is 19.5 Å². The van der Waals surface area contributed by atoms with E-state index in [1.165, 1.54) is 22.0 Å². The molecule has 0 unspecified atom stereocenters. The molecule has 1 saturated heterocycles. The van der Waals surface area contributed by atoms with Gasteiger partial charge in [0.1, 0.15) is 18.1 Å². The minimum atomic E-state index is -3.53. The summed E-state index contributed by atoms with van der Waals surface area (Å²) >= 11 is 3.44. The van der Waals surface area contributed by atoms with Gasteiger partial charge >= 0.3 is 0 Å². The molecule has 174 valence electrons. The van der Waals surface area contributed by atoms with Crippen LogP contribution in [0, 0.1) is 0 Å². The van der Waals surface area contributed by atoms with Gasteiger partial charge in [-0.1, -0.05) is 13.0 Å². The minimum Gasteiger partial charge on any atom is -0.492 e. The monoisotopic (exact) mass is 526 g/mol. The second-order valence-corrected chi connectivity index (χ2v) is 9.89. The summed E-state index contributed by atoms with van der Waals surface area (Å²) in [5.41, 5.74) is 1.18. The van der Waals surface area contributed by atoms with Crippen molar-refractivity contribution >= 4 is 31.9 Å². The van der Waals surface area contributed by atoms with Crippen molar-refractivity contribution < 1.29 is 27.4 Å². The summed E-state index contributed by atoms with van der Waals surface area (Å²) in [4.78, 5) is 12.2. The first-order valence-corrected chi connectivity index (χ1v) is 12.6. The maximum atomic E-state index is 12.6. The van der Waals surface area contributed by atoms with Gasteiger partial charge in [0, 0.05) is 13.1 Å². The molecule has 10 heteroatoms. The number of nitrogens with zero attached hydrogens (tertiary/aromatic N) is 1. The van der Waals surface area contributed by atoms with Gasteiger partial charge in [-0.3, -0.25) is 4.79 Å². The van der Waals surface area contributed by atoms with E-state index in [1.807, 2.05) is 18.2 Å². The van der Waals surface area contributed by atoms with E-state index in [4.69, 9.17) is 14.2 Å². The highest BCUT2D eigenvalue weighted by Crippen LogP contribution is 2.26. The first-order chi connectivity index (χ1) is 15.4. The maximum Gasteiger partial charge on any atom is 0.258 e. The Morgan fingerprint density at radius 1 is 1.12 bits per heavy atom. The SMILES string of the molecule is CCc1ccc(OCC(=O)NCCOc2ccc(S(=O)(=O)N3CCOCC3)cc2)c(Br)c1. The molecule has 0 spiro atoms. The molecule has 0 bridgehead atoms. The number of benzene rings is 2. The average molecular weight is 527 g/mol. The van der Waals surface area contributed by atoms with Crippen LogP contribution >= 0.6 is 15.9 Å². The summed E-state index contributed by atoms with van der Waals surface area (Å²) in [7, 11) is -3.53. The number of hydrogen-bond acceptors (Lipinski definition) is 6. The number of nitrogens with one attached hydrogen (secondary N) is 1. The smallest absolute Gasteiger partial charge is 0.258 e. The summed E-state index contributed by atoms with van der Waals surface area (Å²) in [6.07, 6.45) is 0.922. The molecule has 3 rings (SSSR count). The number of carbonyl (C=O) groups is 1. The van der Waals surface area contributed by atoms with Crippen molar-refractivity contribution in [1.29, 1.82) is 0 Å². The van der Waals surface area contributed by atoms with Crippen molar-refractivity contribution in [2.24, 2.45) is 0 Å². The number of morpholine rings is 1. The maximum absolute atomic E-state index is 12.6. The third kappa shape index (κ3) is 6.68. The number of halogens is 1. The van der Waals surface area contributed by atoms with Crippen molar-refractivity contribution in [1.82, 2.24) is 9.62 Å². The topological polar surface area (TPSA) is 94.2 Å². The van der Waals surface area contributed by atoms with Gasteiger partial charge in [-0.05, 0) is 64.3 Å². The Morgan fingerprint density at radius 2 is 1.84 bits per heavy atom. The molecule has 0 aromatic heterocycles. The molecule has 1 heterocycles. The fourth-order valence-electron chi connectivity index (χ4n) is 3.08. The Labute approximate surface area is 197 Å². The number of aryl methyl sites for hydroxylation is 1. The van der Waals surface area contributed by atoms with Gasteiger partial charge in [0.15, 0.2) is 6.61 Å². The van der Waals surface area contributed by atoms with Crippen LogP contribution in [0.5, 0.6) is 11.5 Å². The molecule has 0 saturated carbocycles. The van der Waals surface area contributed by atoms with E-state index in [0.29, 0.717) is 44.3 Å². The van der Waals surface area contributed by atoms with E-state index in [1.54, 1.807) is 12.1 Å². The van der Waals surface area contributed by atoms with Crippen LogP contribution in [-0.4, -0.2) is 64.7 Å². The van der Waals surface area contributed by atoms with Gasteiger partial charge in [-0.25, -0.2) is 8.42 Å². The molecule has 32 heavy (non-hydrogen) atoms. The van der Waals surface area contributed by atoms with E-state index in [0.717, 1.165) is 10.9 Å². The summed E-state index contributed by atoms with van der Waals surface area (Å²) in [5, 5.41) is 2.73. The van der Waals surface area contributed by atoms with Gasteiger partial charge in [0.25, 0.3) is 5.91 Å². The zero-order valence-corrected chi connectivity index (χ0v) is 20.3. The molecule has 2 aromatic rings. The second kappa shape index (κ2) is 11.6. The van der Waals surface area contributed by atoms with E-state index in [9.17, 15) is 13.2 Å². The minimum absolute atomic E-state index is 0.0990. The van der Waals surface area contributed by atoms with E-state index in [2.05, 4.69) is 28.2 Å². The molecule has 1 amide bonds. The highest BCUT2D eigenvalue weighted by Gasteiger charge is 2.26. The zero-order valence-electron chi connectivity index (χ0n) is 17.9. The molecule has 1 aliphatic heterocycles. The highest BCUT2D eigenvalue weighted by atomic mass is 79.9. The number of rotatable bonds is 10. The van der Waals surface area contributed by atoms with Crippen LogP contribution in [0.15, 0.2) is 51.8 Å². The van der Waals surface area contributed by atoms with E-state index < -0.39 is 10.0 Å². The lowest BCUT2D eigenvalue weighted by Gasteiger charge is -2.26. The standard InChI is InChI=1S/C22H27BrN2O6S/c1-2-17-3-8-21(20(23)15-17)31-16-22(26)24-9-12-30-18-4-6-19(7-5-18)32(27,28)25-10-13-29-14-11-25/h3-8,15H,2,9-14,16H2,1H3,(H,24,26). The Balaban J connectivity index is 1.39. The third-order valence-electron chi connectivity index (χ3n) is 4.89. The molecule has 8 nitrogen and oxygen atoms in total. The Kier molecular flexibility index (Phi) is 8.92. The zero-order chi connectivity index (χ0) is 23.0. The number of sulfonamides is 1. The van der Waals surface area contributed by atoms with Gasteiger partial charge in [-0.2, -0.15) is 4.31 Å². The van der Waals surface area contributed by atoms with Crippen LogP contribution in [0.2, 0.25) is 0 Å². The first-order valence-electron chi connectivity index (χ1n) is 10.4. The van der Waals surface area contributed by atoms with Crippen LogP contribution < -0.4 is 14.8 Å². The van der Waals surface area contributed by atoms with Gasteiger partial charge in [0.05, 0.1) is 29.1 Å². The van der Waals surface area contributed by atoms with E-state index >= 15 is 0 Å². The van der Waals surface area contributed by atoms with Crippen LogP contribution in [-0.2, 0) is 26.0 Å². The predicted octanol–water partition coefficient (Wildman–Crippen LogP) is 2.61. The number of amides is 1. The normalized spacial score (nSPS) is 14.7. The summed E-state index contributed by atoms with van der Waals surface area (Å²) in [5.74, 6) is 0.879. The lowest BCUT2D eigenvalue weighted by molar-refractivity contribution is -0.123. The number of ether oxygens (including phenoxy) is 3. The molecule has 0 atom stereocenters. The fraction of sp³-hybridized carbons (Fsp3) is 0.409. The highest BCUT2D eigenvalue weighted by molar-refractivity contribution is 9.10. The number of carbonyl (C=O) groups excluding carboxylic acids is 1. The van der Waals surface area contributed by atoms with Crippen molar-refractivity contribution in [2.45, 2.75) is 18.2 Å². The first kappa shape index (κ1) is 24.5. The summed E-state index contributed by atoms with van der Waals surface area (Å²) in [6, 6.07) is 12.0. The summed E-state index contributed by atoms with van der Waals surface area (Å²) < 4.78 is 43.8. The molecular weight excluding hydrogens is 500 g/mol. The Morgan fingerprint density at radius 3 is 2.50 bits per heavy atom. The molecule has 0 aliphatic carbocycles. The second-order valence-electron chi connectivity index (χ2n) is 7.09. The van der Waals surface area contributed by atoms with Crippen molar-refractivity contribution in [3.8, 4) is 11.5 Å². The van der Waals surface area contributed by atoms with Crippen LogP contribution in [0.4, 0.5) is 0 Å². The van der Waals surface area contributed by atoms with Crippen LogP contribution in [0.1, 0.15) is 12.5 Å². The lowest BCUT2D eigenvalue weighted by atomic mass is 10.2. The van der Waals surface area contributed by atoms with Gasteiger partial charge in [0.2, 0.25) is 10.0 Å². The van der Waals surface area contributed by atoms with Crippen molar-refractivity contribution in [3.05, 3.63) is 52.5 Å². The predicted molar refractivity (Wildman–Crippen MR) is 124 cm³/mol. The third-order valence-corrected chi connectivity index (χ3v) is 7.42. The number of hydrogen-bond donors (Lipinski definition) is 1. The Hall–Kier alpha value is -2.14. The largest absolute Gasteiger partial charge is 0.492 e. The fourth-order valence-corrected chi connectivity index (χ4v) is 5.03. The summed E-state index contributed by atoms with van der Waals surface area (Å²) in [6.45, 7) is 4.02. The molecule has 1 fully saturated rings. The molecule has 0 radical (unpaired) electrons. The van der Waals surface area contributed by atoms with Crippen LogP contribution in [0.3, 0.4) is 0 Å². The molecular formula is C22H27BrN2O6S.